The lowest BCUT2D eigenvalue weighted by atomic mass is 10.1. The molecule has 3 rings (SSSR count). The van der Waals surface area contributed by atoms with Crippen LogP contribution in [0, 0.1) is 11.6 Å². The van der Waals surface area contributed by atoms with E-state index in [2.05, 4.69) is 0 Å². The molecule has 6 heteroatoms. The van der Waals surface area contributed by atoms with Crippen LogP contribution in [-0.4, -0.2) is 24.2 Å². The van der Waals surface area contributed by atoms with Crippen LogP contribution in [0.4, 0.5) is 8.78 Å². The van der Waals surface area contributed by atoms with Crippen LogP contribution in [0.1, 0.15) is 29.6 Å². The third-order valence-corrected chi connectivity index (χ3v) is 3.77. The molecule has 0 saturated heterocycles. The van der Waals surface area contributed by atoms with Gasteiger partial charge in [-0.3, -0.25) is 0 Å². The summed E-state index contributed by atoms with van der Waals surface area (Å²) in [5.41, 5.74) is 7.04. The van der Waals surface area contributed by atoms with Gasteiger partial charge in [0.2, 0.25) is 0 Å². The standard InChI is InChI=1S/C9H9F2N.C9H10O3/c10-7-2-1-5(3-8(7)11)6-4-9(6)12;1-12-8(9(10)11)7-5-3-2-4-6-7/h1-3,6,9H,4,12H2;2-6,8H,1H3,(H,10,11)/t6-,9+;8-/m01/s1. The van der Waals surface area contributed by atoms with Crippen LogP contribution in [-0.2, 0) is 9.53 Å². The van der Waals surface area contributed by atoms with Crippen LogP contribution < -0.4 is 5.73 Å². The Balaban J connectivity index is 0.000000174. The van der Waals surface area contributed by atoms with Gasteiger partial charge in [0.25, 0.3) is 0 Å². The molecule has 0 aromatic heterocycles. The zero-order valence-electron chi connectivity index (χ0n) is 13.2. The Morgan fingerprint density at radius 1 is 1.21 bits per heavy atom. The van der Waals surface area contributed by atoms with Crippen molar-refractivity contribution in [3.05, 3.63) is 71.3 Å². The first-order chi connectivity index (χ1) is 11.4. The van der Waals surface area contributed by atoms with Crippen molar-refractivity contribution in [3.63, 3.8) is 0 Å². The van der Waals surface area contributed by atoms with Crippen molar-refractivity contribution in [2.75, 3.05) is 7.11 Å². The summed E-state index contributed by atoms with van der Waals surface area (Å²) in [6.45, 7) is 0. The van der Waals surface area contributed by atoms with E-state index in [1.54, 1.807) is 30.3 Å². The van der Waals surface area contributed by atoms with E-state index in [0.717, 1.165) is 18.1 Å². The lowest BCUT2D eigenvalue weighted by Gasteiger charge is -2.09. The van der Waals surface area contributed by atoms with Gasteiger partial charge in [0.15, 0.2) is 17.7 Å². The molecule has 0 bridgehead atoms. The topological polar surface area (TPSA) is 72.5 Å². The molecule has 0 radical (unpaired) electrons. The quantitative estimate of drug-likeness (QED) is 0.900. The fraction of sp³-hybridized carbons (Fsp3) is 0.278. The van der Waals surface area contributed by atoms with Gasteiger partial charge in [0.05, 0.1) is 0 Å². The molecule has 24 heavy (non-hydrogen) atoms. The molecule has 3 N–H and O–H groups in total. The molecule has 1 saturated carbocycles. The maximum absolute atomic E-state index is 12.7. The van der Waals surface area contributed by atoms with Crippen molar-refractivity contribution < 1.29 is 23.4 Å². The van der Waals surface area contributed by atoms with Gasteiger partial charge in [-0.15, -0.1) is 0 Å². The minimum atomic E-state index is -0.969. The number of nitrogens with two attached hydrogens (primary N) is 1. The number of carboxylic acid groups (broad SMARTS) is 1. The number of aliphatic carboxylic acids is 1. The maximum atomic E-state index is 12.7. The number of halogens is 2. The van der Waals surface area contributed by atoms with Gasteiger partial charge >= 0.3 is 5.97 Å². The van der Waals surface area contributed by atoms with Gasteiger partial charge in [0.1, 0.15) is 0 Å². The Kier molecular flexibility index (Phi) is 6.00. The van der Waals surface area contributed by atoms with Gasteiger partial charge in [-0.2, -0.15) is 0 Å². The summed E-state index contributed by atoms with van der Waals surface area (Å²) >= 11 is 0. The minimum absolute atomic E-state index is 0.134. The maximum Gasteiger partial charge on any atom is 0.337 e. The number of carbonyl (C=O) groups is 1. The molecule has 2 aromatic carbocycles. The number of hydrogen-bond acceptors (Lipinski definition) is 3. The number of carboxylic acids is 1. The third kappa shape index (κ3) is 4.59. The Morgan fingerprint density at radius 2 is 1.83 bits per heavy atom. The second-order valence-electron chi connectivity index (χ2n) is 5.54. The molecule has 1 aliphatic carbocycles. The van der Waals surface area contributed by atoms with Gasteiger partial charge in [-0.25, -0.2) is 13.6 Å². The average Bonchev–Trinajstić information content (AvgIpc) is 3.29. The van der Waals surface area contributed by atoms with Crippen molar-refractivity contribution in [2.45, 2.75) is 24.5 Å². The first-order valence-electron chi connectivity index (χ1n) is 7.45. The number of benzene rings is 2. The first-order valence-corrected chi connectivity index (χ1v) is 7.45. The Bertz CT molecular complexity index is 694. The van der Waals surface area contributed by atoms with Crippen LogP contribution in [0.15, 0.2) is 48.5 Å². The van der Waals surface area contributed by atoms with Crippen LogP contribution in [0.5, 0.6) is 0 Å². The average molecular weight is 335 g/mol. The lowest BCUT2D eigenvalue weighted by Crippen LogP contribution is -2.12. The zero-order valence-corrected chi connectivity index (χ0v) is 13.2. The van der Waals surface area contributed by atoms with Gasteiger partial charge < -0.3 is 15.6 Å². The van der Waals surface area contributed by atoms with Crippen molar-refractivity contribution in [2.24, 2.45) is 5.73 Å². The summed E-state index contributed by atoms with van der Waals surface area (Å²) in [5.74, 6) is -2.32. The predicted molar refractivity (Wildman–Crippen MR) is 85.5 cm³/mol. The summed E-state index contributed by atoms with van der Waals surface area (Å²) in [5, 5.41) is 8.70. The smallest absolute Gasteiger partial charge is 0.337 e. The minimum Gasteiger partial charge on any atom is -0.479 e. The van der Waals surface area contributed by atoms with Crippen molar-refractivity contribution in [1.82, 2.24) is 0 Å². The Labute approximate surface area is 138 Å². The van der Waals surface area contributed by atoms with Crippen molar-refractivity contribution in [1.29, 1.82) is 0 Å². The van der Waals surface area contributed by atoms with Crippen LogP contribution in [0.25, 0.3) is 0 Å². The van der Waals surface area contributed by atoms with E-state index in [1.807, 2.05) is 6.07 Å². The van der Waals surface area contributed by atoms with E-state index in [-0.39, 0.29) is 12.0 Å². The molecule has 0 amide bonds. The number of ether oxygens (including phenoxy) is 1. The fourth-order valence-electron chi connectivity index (χ4n) is 2.35. The molecular formula is C18H19F2NO3. The third-order valence-electron chi connectivity index (χ3n) is 3.77. The number of hydrogen-bond donors (Lipinski definition) is 2. The Hall–Kier alpha value is -2.31. The van der Waals surface area contributed by atoms with E-state index in [4.69, 9.17) is 15.6 Å². The van der Waals surface area contributed by atoms with Gasteiger partial charge in [0, 0.05) is 19.1 Å². The molecule has 0 spiro atoms. The van der Waals surface area contributed by atoms with Crippen LogP contribution in [0.2, 0.25) is 0 Å². The summed E-state index contributed by atoms with van der Waals surface area (Å²) in [4.78, 5) is 10.6. The van der Waals surface area contributed by atoms with Crippen molar-refractivity contribution >= 4 is 5.97 Å². The van der Waals surface area contributed by atoms with Gasteiger partial charge in [-0.05, 0) is 29.7 Å². The summed E-state index contributed by atoms with van der Waals surface area (Å²) in [6, 6.07) is 12.9. The molecule has 1 fully saturated rings. The van der Waals surface area contributed by atoms with Crippen LogP contribution >= 0.6 is 0 Å². The SMILES string of the molecule is CO[C@@H](C(=O)O)c1ccccc1.N[C@@H]1C[C@H]1c1ccc(F)c(F)c1. The molecule has 0 unspecified atom stereocenters. The van der Waals surface area contributed by atoms with Crippen molar-refractivity contribution in [3.8, 4) is 0 Å². The van der Waals surface area contributed by atoms with E-state index in [1.165, 1.54) is 13.2 Å². The summed E-state index contributed by atoms with van der Waals surface area (Å²) in [6.07, 6.45) is 0.0247. The highest BCUT2D eigenvalue weighted by Crippen LogP contribution is 2.39. The molecule has 4 nitrogen and oxygen atoms in total. The molecule has 1 aliphatic rings. The molecule has 128 valence electrons. The highest BCUT2D eigenvalue weighted by atomic mass is 19.2. The lowest BCUT2D eigenvalue weighted by molar-refractivity contribution is -0.148. The largest absolute Gasteiger partial charge is 0.479 e. The summed E-state index contributed by atoms with van der Waals surface area (Å²) in [7, 11) is 1.38. The Morgan fingerprint density at radius 3 is 2.29 bits per heavy atom. The highest BCUT2D eigenvalue weighted by Gasteiger charge is 2.35. The number of rotatable bonds is 4. The second-order valence-corrected chi connectivity index (χ2v) is 5.54. The van der Waals surface area contributed by atoms with Crippen LogP contribution in [0.3, 0.4) is 0 Å². The molecule has 3 atom stereocenters. The van der Waals surface area contributed by atoms with E-state index in [0.29, 0.717) is 5.56 Å². The zero-order chi connectivity index (χ0) is 17.7. The first kappa shape index (κ1) is 18.0. The number of methoxy groups -OCH3 is 1. The molecular weight excluding hydrogens is 316 g/mol. The molecule has 2 aromatic rings. The van der Waals surface area contributed by atoms with E-state index in [9.17, 15) is 13.6 Å². The second kappa shape index (κ2) is 7.99. The predicted octanol–water partition coefficient (Wildman–Crippen LogP) is 3.24. The fourth-order valence-corrected chi connectivity index (χ4v) is 2.35. The summed E-state index contributed by atoms with van der Waals surface area (Å²) < 4.78 is 30.0. The monoisotopic (exact) mass is 335 g/mol. The normalized spacial score (nSPS) is 19.8. The van der Waals surface area contributed by atoms with Gasteiger partial charge in [-0.1, -0.05) is 36.4 Å². The van der Waals surface area contributed by atoms with E-state index < -0.39 is 23.7 Å². The highest BCUT2D eigenvalue weighted by molar-refractivity contribution is 5.74. The molecule has 0 heterocycles. The molecule has 0 aliphatic heterocycles. The van der Waals surface area contributed by atoms with E-state index >= 15 is 0 Å².